The summed E-state index contributed by atoms with van der Waals surface area (Å²) < 4.78 is 17.1. The Bertz CT molecular complexity index is 932. The van der Waals surface area contributed by atoms with Crippen LogP contribution in [0.2, 0.25) is 0 Å². The van der Waals surface area contributed by atoms with Crippen molar-refractivity contribution in [1.29, 1.82) is 0 Å². The molecule has 28 heavy (non-hydrogen) atoms. The summed E-state index contributed by atoms with van der Waals surface area (Å²) in [5.41, 5.74) is 1.57. The summed E-state index contributed by atoms with van der Waals surface area (Å²) in [7, 11) is -1.08. The number of aryl methyl sites for hydroxylation is 2. The second-order valence-electron chi connectivity index (χ2n) is 7.08. The van der Waals surface area contributed by atoms with E-state index in [1.165, 1.54) is 19.9 Å². The van der Waals surface area contributed by atoms with Gasteiger partial charge in [-0.15, -0.1) is 0 Å². The van der Waals surface area contributed by atoms with Gasteiger partial charge < -0.3 is 9.84 Å². The predicted octanol–water partition coefficient (Wildman–Crippen LogP) is 4.18. The van der Waals surface area contributed by atoms with Crippen molar-refractivity contribution in [3.8, 4) is 5.75 Å². The van der Waals surface area contributed by atoms with E-state index in [1.807, 2.05) is 26.0 Å². The number of carbonyl (C=O) groups is 2. The van der Waals surface area contributed by atoms with Crippen LogP contribution in [0, 0.1) is 13.8 Å². The third kappa shape index (κ3) is 5.16. The molecule has 5 nitrogen and oxygen atoms in total. The average Bonchev–Trinajstić information content (AvgIpc) is 2.62. The topological polar surface area (TPSA) is 80.7 Å². The summed E-state index contributed by atoms with van der Waals surface area (Å²) in [6, 6.07) is 10.4. The zero-order chi connectivity index (χ0) is 21.1. The second kappa shape index (κ2) is 8.52. The Hall–Kier alpha value is -2.73. The Labute approximate surface area is 167 Å². The fourth-order valence-electron chi connectivity index (χ4n) is 2.62. The van der Waals surface area contributed by atoms with Gasteiger partial charge in [-0.05, 0) is 86.9 Å². The van der Waals surface area contributed by atoms with E-state index in [1.54, 1.807) is 36.6 Å². The molecule has 1 atom stereocenters. The average molecular weight is 400 g/mol. The molecule has 0 amide bonds. The van der Waals surface area contributed by atoms with E-state index >= 15 is 0 Å². The number of hydrogen-bond donors (Lipinski definition) is 1. The highest BCUT2D eigenvalue weighted by Crippen LogP contribution is 2.29. The zero-order valence-corrected chi connectivity index (χ0v) is 17.4. The fourth-order valence-corrected chi connectivity index (χ4v) is 3.14. The zero-order valence-electron chi connectivity index (χ0n) is 16.6. The first-order valence-corrected chi connectivity index (χ1v) is 10.3. The number of allylic oxidation sites excluding steroid dienone is 1. The Balaban J connectivity index is 2.21. The van der Waals surface area contributed by atoms with E-state index in [-0.39, 0.29) is 5.78 Å². The third-order valence-corrected chi connectivity index (χ3v) is 5.19. The summed E-state index contributed by atoms with van der Waals surface area (Å²) in [6.07, 6.45) is 4.78. The van der Waals surface area contributed by atoms with Crippen LogP contribution in [-0.4, -0.2) is 32.9 Å². The van der Waals surface area contributed by atoms with Gasteiger partial charge in [0.15, 0.2) is 11.4 Å². The van der Waals surface area contributed by atoms with Gasteiger partial charge in [0, 0.05) is 27.5 Å². The van der Waals surface area contributed by atoms with E-state index < -0.39 is 22.4 Å². The second-order valence-corrected chi connectivity index (χ2v) is 8.46. The molecule has 0 aliphatic heterocycles. The van der Waals surface area contributed by atoms with Crippen LogP contribution in [0.15, 0.2) is 47.4 Å². The first-order chi connectivity index (χ1) is 13.0. The highest BCUT2D eigenvalue weighted by Gasteiger charge is 2.30. The lowest BCUT2D eigenvalue weighted by Gasteiger charge is -2.24. The number of carbonyl (C=O) groups excluding carboxylic acids is 1. The van der Waals surface area contributed by atoms with Gasteiger partial charge in [0.25, 0.3) is 0 Å². The Morgan fingerprint density at radius 3 is 2.07 bits per heavy atom. The summed E-state index contributed by atoms with van der Waals surface area (Å²) in [6.45, 7) is 6.67. The Morgan fingerprint density at radius 1 is 1.07 bits per heavy atom. The van der Waals surface area contributed by atoms with Crippen molar-refractivity contribution < 1.29 is 23.6 Å². The quantitative estimate of drug-likeness (QED) is 0.557. The Morgan fingerprint density at radius 2 is 1.61 bits per heavy atom. The van der Waals surface area contributed by atoms with Crippen LogP contribution >= 0.6 is 0 Å². The van der Waals surface area contributed by atoms with Gasteiger partial charge in [-0.2, -0.15) is 0 Å². The molecule has 6 heteroatoms. The first-order valence-electron chi connectivity index (χ1n) is 8.71. The predicted molar refractivity (Wildman–Crippen MR) is 110 cm³/mol. The van der Waals surface area contributed by atoms with Crippen molar-refractivity contribution in [1.82, 2.24) is 0 Å². The standard InChI is InChI=1S/C22H24O5S/c1-14-12-16(13-15(2)20(14)27-22(3,4)21(24)25)6-11-19(23)17-7-9-18(10-8-17)28(5)26/h6-13H,1-5H3,(H,24,25)/b11-6+. The summed E-state index contributed by atoms with van der Waals surface area (Å²) in [5.74, 6) is -0.672. The lowest BCUT2D eigenvalue weighted by molar-refractivity contribution is -0.152. The maximum atomic E-state index is 12.3. The van der Waals surface area contributed by atoms with E-state index in [4.69, 9.17) is 4.74 Å². The number of ether oxygens (including phenoxy) is 1. The van der Waals surface area contributed by atoms with E-state index in [2.05, 4.69) is 0 Å². The molecule has 0 aliphatic carbocycles. The van der Waals surface area contributed by atoms with Crippen LogP contribution in [0.5, 0.6) is 5.75 Å². The van der Waals surface area contributed by atoms with Crippen molar-refractivity contribution in [2.75, 3.05) is 6.26 Å². The van der Waals surface area contributed by atoms with Crippen LogP contribution < -0.4 is 4.74 Å². The van der Waals surface area contributed by atoms with Gasteiger partial charge >= 0.3 is 5.97 Å². The monoisotopic (exact) mass is 400 g/mol. The van der Waals surface area contributed by atoms with Gasteiger partial charge in [0.1, 0.15) is 5.75 Å². The van der Waals surface area contributed by atoms with Crippen LogP contribution in [-0.2, 0) is 15.6 Å². The minimum atomic E-state index is -1.34. The number of aliphatic carboxylic acids is 1. The molecule has 2 aromatic carbocycles. The van der Waals surface area contributed by atoms with Gasteiger partial charge in [0.05, 0.1) is 0 Å². The number of rotatable bonds is 7. The van der Waals surface area contributed by atoms with Crippen LogP contribution in [0.1, 0.15) is 40.9 Å². The lowest BCUT2D eigenvalue weighted by atomic mass is 10.0. The van der Waals surface area contributed by atoms with Gasteiger partial charge in [-0.1, -0.05) is 6.08 Å². The smallest absolute Gasteiger partial charge is 0.347 e. The molecule has 1 unspecified atom stereocenters. The molecule has 2 rings (SSSR count). The molecule has 0 saturated carbocycles. The highest BCUT2D eigenvalue weighted by atomic mass is 32.2. The van der Waals surface area contributed by atoms with Gasteiger partial charge in [-0.25, -0.2) is 4.79 Å². The maximum absolute atomic E-state index is 12.3. The molecule has 0 spiro atoms. The lowest BCUT2D eigenvalue weighted by Crippen LogP contribution is -2.38. The van der Waals surface area contributed by atoms with E-state index in [0.29, 0.717) is 16.2 Å². The molecule has 1 N–H and O–H groups in total. The number of carboxylic acid groups (broad SMARTS) is 1. The molecule has 0 heterocycles. The van der Waals surface area contributed by atoms with Crippen molar-refractivity contribution in [3.63, 3.8) is 0 Å². The van der Waals surface area contributed by atoms with Crippen LogP contribution in [0.4, 0.5) is 0 Å². The number of carboxylic acids is 1. The molecule has 0 aliphatic rings. The third-order valence-electron chi connectivity index (χ3n) is 4.25. The summed E-state index contributed by atoms with van der Waals surface area (Å²) in [5, 5.41) is 9.25. The fraction of sp³-hybridized carbons (Fsp3) is 0.273. The molecular weight excluding hydrogens is 376 g/mol. The molecule has 0 fully saturated rings. The van der Waals surface area contributed by atoms with Crippen molar-refractivity contribution >= 4 is 28.6 Å². The summed E-state index contributed by atoms with van der Waals surface area (Å²) >= 11 is 0. The molecule has 0 aromatic heterocycles. The van der Waals surface area contributed by atoms with Crippen molar-refractivity contribution in [2.24, 2.45) is 0 Å². The minimum absolute atomic E-state index is 0.156. The number of ketones is 1. The molecule has 2 aromatic rings. The van der Waals surface area contributed by atoms with Crippen molar-refractivity contribution in [2.45, 2.75) is 38.2 Å². The molecule has 0 saturated heterocycles. The van der Waals surface area contributed by atoms with Crippen LogP contribution in [0.3, 0.4) is 0 Å². The highest BCUT2D eigenvalue weighted by molar-refractivity contribution is 7.84. The minimum Gasteiger partial charge on any atom is -0.478 e. The SMILES string of the molecule is Cc1cc(/C=C/C(=O)c2ccc(S(C)=O)cc2)cc(C)c1OC(C)(C)C(=O)O. The maximum Gasteiger partial charge on any atom is 0.347 e. The van der Waals surface area contributed by atoms with E-state index in [0.717, 1.165) is 16.7 Å². The Kier molecular flexibility index (Phi) is 6.56. The largest absolute Gasteiger partial charge is 0.478 e. The molecule has 148 valence electrons. The molecular formula is C22H24O5S. The molecule has 0 radical (unpaired) electrons. The molecule has 0 bridgehead atoms. The van der Waals surface area contributed by atoms with Gasteiger partial charge in [0.2, 0.25) is 0 Å². The van der Waals surface area contributed by atoms with Crippen LogP contribution in [0.25, 0.3) is 6.08 Å². The number of hydrogen-bond acceptors (Lipinski definition) is 4. The van der Waals surface area contributed by atoms with Gasteiger partial charge in [-0.3, -0.25) is 9.00 Å². The number of benzene rings is 2. The summed E-state index contributed by atoms with van der Waals surface area (Å²) in [4.78, 5) is 24.3. The van der Waals surface area contributed by atoms with Crippen molar-refractivity contribution in [3.05, 3.63) is 64.7 Å². The first kappa shape index (κ1) is 21.6. The van der Waals surface area contributed by atoms with E-state index in [9.17, 15) is 18.9 Å². The normalized spacial score (nSPS) is 12.8.